The fourth-order valence-corrected chi connectivity index (χ4v) is 3.22. The summed E-state index contributed by atoms with van der Waals surface area (Å²) in [5.41, 5.74) is 6.99. The molecule has 6 heteroatoms. The van der Waals surface area contributed by atoms with Gasteiger partial charge in [-0.25, -0.2) is 9.97 Å². The lowest BCUT2D eigenvalue weighted by Gasteiger charge is -2.34. The molecule has 3 rings (SSSR count). The largest absolute Gasteiger partial charge is 0.396 e. The van der Waals surface area contributed by atoms with Crippen molar-refractivity contribution in [3.8, 4) is 0 Å². The summed E-state index contributed by atoms with van der Waals surface area (Å²) in [4.78, 5) is 14.0. The smallest absolute Gasteiger partial charge is 0.145 e. The third-order valence-corrected chi connectivity index (χ3v) is 4.64. The minimum absolute atomic E-state index is 0.308. The average molecular weight is 329 g/mol. The van der Waals surface area contributed by atoms with Crippen LogP contribution in [-0.2, 0) is 6.54 Å². The zero-order chi connectivity index (χ0) is 16.8. The number of anilines is 1. The Morgan fingerprint density at radius 3 is 2.50 bits per heavy atom. The van der Waals surface area contributed by atoms with E-state index in [1.165, 1.54) is 6.42 Å². The number of aliphatic hydroxyl groups excluding tert-OH is 1. The number of nitrogen functional groups attached to an aromatic ring is 1. The number of benzene rings is 1. The first kappa shape index (κ1) is 17.1. The maximum atomic E-state index is 8.82. The Hall–Kier alpha value is -1.76. The van der Waals surface area contributed by atoms with E-state index in [9.17, 15) is 0 Å². The predicted octanol–water partition coefficient (Wildman–Crippen LogP) is 1.49. The van der Waals surface area contributed by atoms with Crippen molar-refractivity contribution in [1.29, 1.82) is 0 Å². The SMILES string of the molecule is Nc1nc(CN2CCN(CCCCCO)CC2)nc2ccccc12. The van der Waals surface area contributed by atoms with Crippen molar-refractivity contribution in [1.82, 2.24) is 19.8 Å². The first-order valence-corrected chi connectivity index (χ1v) is 8.83. The minimum Gasteiger partial charge on any atom is -0.396 e. The first-order chi connectivity index (χ1) is 11.8. The predicted molar refractivity (Wildman–Crippen MR) is 96.6 cm³/mol. The normalized spacial score (nSPS) is 16.7. The van der Waals surface area contributed by atoms with Crippen LogP contribution in [0.3, 0.4) is 0 Å². The van der Waals surface area contributed by atoms with Gasteiger partial charge in [0.05, 0.1) is 12.1 Å². The van der Waals surface area contributed by atoms with Crippen molar-refractivity contribution >= 4 is 16.7 Å². The van der Waals surface area contributed by atoms with Crippen LogP contribution in [0.25, 0.3) is 10.9 Å². The fraction of sp³-hybridized carbons (Fsp3) is 0.556. The Morgan fingerprint density at radius 2 is 1.71 bits per heavy atom. The molecule has 1 fully saturated rings. The molecule has 3 N–H and O–H groups in total. The van der Waals surface area contributed by atoms with Gasteiger partial charge in [0, 0.05) is 38.2 Å². The monoisotopic (exact) mass is 329 g/mol. The third kappa shape index (κ3) is 4.41. The second-order valence-corrected chi connectivity index (χ2v) is 6.44. The molecule has 6 nitrogen and oxygen atoms in total. The van der Waals surface area contributed by atoms with Crippen molar-refractivity contribution in [2.45, 2.75) is 25.8 Å². The van der Waals surface area contributed by atoms with Gasteiger partial charge in [0.2, 0.25) is 0 Å². The van der Waals surface area contributed by atoms with E-state index in [2.05, 4.69) is 19.8 Å². The molecule has 24 heavy (non-hydrogen) atoms. The Balaban J connectivity index is 1.51. The number of hydrogen-bond acceptors (Lipinski definition) is 6. The van der Waals surface area contributed by atoms with Crippen LogP contribution in [0.5, 0.6) is 0 Å². The quantitative estimate of drug-likeness (QED) is 0.750. The highest BCUT2D eigenvalue weighted by Gasteiger charge is 2.18. The van der Waals surface area contributed by atoms with Gasteiger partial charge < -0.3 is 15.7 Å². The highest BCUT2D eigenvalue weighted by atomic mass is 16.2. The van der Waals surface area contributed by atoms with Gasteiger partial charge in [0.1, 0.15) is 11.6 Å². The van der Waals surface area contributed by atoms with Crippen LogP contribution in [0.15, 0.2) is 24.3 Å². The number of rotatable bonds is 7. The van der Waals surface area contributed by atoms with E-state index in [-0.39, 0.29) is 0 Å². The van der Waals surface area contributed by atoms with Crippen LogP contribution in [0.1, 0.15) is 25.1 Å². The van der Waals surface area contributed by atoms with Gasteiger partial charge >= 0.3 is 0 Å². The van der Waals surface area contributed by atoms with Crippen LogP contribution in [0.4, 0.5) is 5.82 Å². The maximum absolute atomic E-state index is 8.82. The third-order valence-electron chi connectivity index (χ3n) is 4.64. The van der Waals surface area contributed by atoms with Crippen LogP contribution in [-0.4, -0.2) is 64.2 Å². The van der Waals surface area contributed by atoms with Gasteiger partial charge in [-0.15, -0.1) is 0 Å². The van der Waals surface area contributed by atoms with E-state index in [4.69, 9.17) is 10.8 Å². The Bertz CT molecular complexity index is 655. The molecule has 0 unspecified atom stereocenters. The van der Waals surface area contributed by atoms with Gasteiger partial charge in [-0.3, -0.25) is 4.90 Å². The summed E-state index contributed by atoms with van der Waals surface area (Å²) >= 11 is 0. The van der Waals surface area contributed by atoms with Crippen molar-refractivity contribution < 1.29 is 5.11 Å². The molecule has 0 radical (unpaired) electrons. The highest BCUT2D eigenvalue weighted by Crippen LogP contribution is 2.18. The number of hydrogen-bond donors (Lipinski definition) is 2. The van der Waals surface area contributed by atoms with E-state index >= 15 is 0 Å². The number of nitrogens with two attached hydrogens (primary N) is 1. The van der Waals surface area contributed by atoms with Crippen LogP contribution in [0.2, 0.25) is 0 Å². The topological polar surface area (TPSA) is 78.5 Å². The van der Waals surface area contributed by atoms with Crippen LogP contribution >= 0.6 is 0 Å². The molecule has 130 valence electrons. The summed E-state index contributed by atoms with van der Waals surface area (Å²) in [6, 6.07) is 7.89. The molecule has 0 bridgehead atoms. The lowest BCUT2D eigenvalue weighted by atomic mass is 10.2. The molecule has 0 saturated carbocycles. The number of aliphatic hydroxyl groups is 1. The van der Waals surface area contributed by atoms with Gasteiger partial charge in [-0.1, -0.05) is 12.1 Å². The molecule has 0 aliphatic carbocycles. The molecule has 1 aromatic carbocycles. The summed E-state index contributed by atoms with van der Waals surface area (Å²) in [5, 5.41) is 9.75. The standard InChI is InChI=1S/C18H27N5O/c19-18-15-6-2-3-7-16(15)20-17(21-18)14-23-11-9-22(10-12-23)8-4-1-5-13-24/h2-3,6-7,24H,1,4-5,8-14H2,(H2,19,20,21). The number of para-hydroxylation sites is 1. The van der Waals surface area contributed by atoms with E-state index in [1.54, 1.807) is 0 Å². The molecule has 1 aliphatic heterocycles. The molecule has 1 saturated heterocycles. The molecule has 1 aliphatic rings. The molecule has 0 spiro atoms. The van der Waals surface area contributed by atoms with E-state index in [0.29, 0.717) is 12.4 Å². The number of piperazine rings is 1. The van der Waals surface area contributed by atoms with E-state index in [0.717, 1.165) is 68.8 Å². The highest BCUT2D eigenvalue weighted by molar-refractivity contribution is 5.87. The lowest BCUT2D eigenvalue weighted by molar-refractivity contribution is 0.123. The Morgan fingerprint density at radius 1 is 0.958 bits per heavy atom. The lowest BCUT2D eigenvalue weighted by Crippen LogP contribution is -2.46. The van der Waals surface area contributed by atoms with E-state index in [1.807, 2.05) is 24.3 Å². The van der Waals surface area contributed by atoms with Gasteiger partial charge in [0.25, 0.3) is 0 Å². The van der Waals surface area contributed by atoms with Crippen LogP contribution < -0.4 is 5.73 Å². The molecule has 2 aromatic rings. The van der Waals surface area contributed by atoms with Crippen molar-refractivity contribution in [3.63, 3.8) is 0 Å². The second kappa shape index (κ2) is 8.37. The van der Waals surface area contributed by atoms with Gasteiger partial charge in [-0.2, -0.15) is 0 Å². The Kier molecular flexibility index (Phi) is 5.96. The fourth-order valence-electron chi connectivity index (χ4n) is 3.22. The number of fused-ring (bicyclic) bond motifs is 1. The molecule has 1 aromatic heterocycles. The molecule has 0 atom stereocenters. The minimum atomic E-state index is 0.308. The zero-order valence-corrected chi connectivity index (χ0v) is 14.2. The summed E-state index contributed by atoms with van der Waals surface area (Å²) in [5.74, 6) is 1.38. The molecule has 0 amide bonds. The van der Waals surface area contributed by atoms with Crippen molar-refractivity contribution in [2.75, 3.05) is 45.1 Å². The summed E-state index contributed by atoms with van der Waals surface area (Å²) < 4.78 is 0. The summed E-state index contributed by atoms with van der Waals surface area (Å²) in [6.45, 7) is 6.44. The van der Waals surface area contributed by atoms with E-state index < -0.39 is 0 Å². The number of nitrogens with zero attached hydrogens (tertiary/aromatic N) is 4. The second-order valence-electron chi connectivity index (χ2n) is 6.44. The van der Waals surface area contributed by atoms with Gasteiger partial charge in [-0.05, 0) is 37.9 Å². The summed E-state index contributed by atoms with van der Waals surface area (Å²) in [6.07, 6.45) is 3.20. The number of unbranched alkanes of at least 4 members (excludes halogenated alkanes) is 2. The average Bonchev–Trinajstić information content (AvgIpc) is 2.60. The molecular weight excluding hydrogens is 302 g/mol. The van der Waals surface area contributed by atoms with Crippen LogP contribution in [0, 0.1) is 0 Å². The van der Waals surface area contributed by atoms with Crippen molar-refractivity contribution in [3.05, 3.63) is 30.1 Å². The van der Waals surface area contributed by atoms with Gasteiger partial charge in [0.15, 0.2) is 0 Å². The maximum Gasteiger partial charge on any atom is 0.145 e. The zero-order valence-electron chi connectivity index (χ0n) is 14.2. The molecule has 2 heterocycles. The molecular formula is C18H27N5O. The van der Waals surface area contributed by atoms with Crippen molar-refractivity contribution in [2.24, 2.45) is 0 Å². The number of aromatic nitrogens is 2. The summed E-state index contributed by atoms with van der Waals surface area (Å²) in [7, 11) is 0. The Labute approximate surface area is 143 Å². The first-order valence-electron chi connectivity index (χ1n) is 8.83.